The van der Waals surface area contributed by atoms with Gasteiger partial charge in [-0.1, -0.05) is 121 Å². The number of hydrogen-bond acceptors (Lipinski definition) is 4. The molecule has 4 aromatic rings. The van der Waals surface area contributed by atoms with Gasteiger partial charge in [-0.05, 0) is 29.2 Å². The molecule has 4 aromatic carbocycles. The summed E-state index contributed by atoms with van der Waals surface area (Å²) in [5.41, 5.74) is 4.52. The summed E-state index contributed by atoms with van der Waals surface area (Å²) in [5, 5.41) is 9.98. The Hall–Kier alpha value is -3.57. The van der Waals surface area contributed by atoms with Crippen molar-refractivity contribution in [3.05, 3.63) is 144 Å². The van der Waals surface area contributed by atoms with Crippen molar-refractivity contribution in [2.45, 2.75) is 24.6 Å². The largest absolute Gasteiger partial charge is 0.388 e. The second-order valence-corrected chi connectivity index (χ2v) is 10.3. The molecule has 2 heterocycles. The molecule has 4 heteroatoms. The van der Waals surface area contributed by atoms with Crippen LogP contribution in [0.15, 0.2) is 121 Å². The Morgan fingerprint density at radius 1 is 0.568 bits per heavy atom. The minimum atomic E-state index is -0.540. The molecule has 0 amide bonds. The summed E-state index contributed by atoms with van der Waals surface area (Å²) in [7, 11) is 0. The molecule has 2 aliphatic rings. The molecule has 37 heavy (non-hydrogen) atoms. The van der Waals surface area contributed by atoms with Crippen molar-refractivity contribution in [2.75, 3.05) is 26.2 Å². The number of aliphatic hydroxyl groups is 1. The van der Waals surface area contributed by atoms with Gasteiger partial charge >= 0.3 is 0 Å². The zero-order chi connectivity index (χ0) is 25.7. The minimum Gasteiger partial charge on any atom is -0.388 e. The normalized spacial score (nSPS) is 17.0. The van der Waals surface area contributed by atoms with E-state index < -0.39 is 5.60 Å². The third kappa shape index (κ3) is 6.05. The van der Waals surface area contributed by atoms with Crippen molar-refractivity contribution in [3.8, 4) is 0 Å². The highest BCUT2D eigenvalue weighted by atomic mass is 16.3. The number of rotatable bonds is 6. The van der Waals surface area contributed by atoms with Crippen molar-refractivity contribution < 1.29 is 9.90 Å². The molecule has 2 aliphatic heterocycles. The van der Waals surface area contributed by atoms with Gasteiger partial charge in [0, 0.05) is 13.1 Å². The number of carbonyl (C=O) groups excluding carboxylic acids is 1. The summed E-state index contributed by atoms with van der Waals surface area (Å²) >= 11 is 0. The van der Waals surface area contributed by atoms with E-state index in [1.54, 1.807) is 0 Å². The van der Waals surface area contributed by atoms with Crippen molar-refractivity contribution in [1.82, 2.24) is 9.80 Å². The van der Waals surface area contributed by atoms with E-state index in [2.05, 4.69) is 82.6 Å². The second kappa shape index (κ2) is 11.2. The van der Waals surface area contributed by atoms with Crippen LogP contribution in [0.2, 0.25) is 0 Å². The smallest absolute Gasteiger partial charge is 0.160 e. The second-order valence-electron chi connectivity index (χ2n) is 10.3. The highest BCUT2D eigenvalue weighted by Crippen LogP contribution is 2.35. The number of carbonyl (C=O) groups is 1. The summed E-state index contributed by atoms with van der Waals surface area (Å²) in [6.45, 7) is 4.47. The van der Waals surface area contributed by atoms with E-state index in [9.17, 15) is 9.90 Å². The monoisotopic (exact) mass is 490 g/mol. The summed E-state index contributed by atoms with van der Waals surface area (Å²) in [6, 6.07) is 42.2. The quantitative estimate of drug-likeness (QED) is 0.387. The lowest BCUT2D eigenvalue weighted by molar-refractivity contribution is -0.130. The number of nitrogens with zero attached hydrogens (tertiary/aromatic N) is 2. The van der Waals surface area contributed by atoms with Gasteiger partial charge in [-0.15, -0.1) is 0 Å². The van der Waals surface area contributed by atoms with Crippen LogP contribution in [0.5, 0.6) is 0 Å². The lowest BCUT2D eigenvalue weighted by Gasteiger charge is -2.48. The molecule has 6 rings (SSSR count). The summed E-state index contributed by atoms with van der Waals surface area (Å²) in [6.07, 6.45) is 0. The van der Waals surface area contributed by atoms with Gasteiger partial charge in [0.15, 0.2) is 5.78 Å². The zero-order valence-corrected chi connectivity index (χ0v) is 21.3. The molecule has 0 aromatic heterocycles. The van der Waals surface area contributed by atoms with Crippen LogP contribution in [0.1, 0.15) is 41.3 Å². The molecule has 188 valence electrons. The summed E-state index contributed by atoms with van der Waals surface area (Å²) in [5.74, 6) is 0.326. The Balaban J connectivity index is 0.000000152. The van der Waals surface area contributed by atoms with Gasteiger partial charge in [-0.25, -0.2) is 0 Å². The van der Waals surface area contributed by atoms with E-state index >= 15 is 0 Å². The summed E-state index contributed by atoms with van der Waals surface area (Å²) in [4.78, 5) is 15.8. The van der Waals surface area contributed by atoms with Gasteiger partial charge in [0.25, 0.3) is 0 Å². The average Bonchev–Trinajstić information content (AvgIpc) is 2.90. The molecule has 0 unspecified atom stereocenters. The van der Waals surface area contributed by atoms with Crippen LogP contribution in [0.25, 0.3) is 0 Å². The van der Waals surface area contributed by atoms with E-state index in [0.717, 1.165) is 13.1 Å². The molecular weight excluding hydrogens is 456 g/mol. The average molecular weight is 491 g/mol. The van der Waals surface area contributed by atoms with Crippen LogP contribution in [0, 0.1) is 0 Å². The van der Waals surface area contributed by atoms with Gasteiger partial charge in [0.05, 0.1) is 30.8 Å². The topological polar surface area (TPSA) is 43.8 Å². The van der Waals surface area contributed by atoms with Crippen molar-refractivity contribution in [3.63, 3.8) is 0 Å². The first-order valence-electron chi connectivity index (χ1n) is 12.9. The highest BCUT2D eigenvalue weighted by molar-refractivity contribution is 5.88. The maximum absolute atomic E-state index is 11.2. The fourth-order valence-electron chi connectivity index (χ4n) is 5.37. The third-order valence-electron chi connectivity index (χ3n) is 7.04. The number of Topliss-reactive ketones (excluding diaryl/α,β-unsaturated/α-hetero) is 1. The Labute approximate surface area is 219 Å². The maximum atomic E-state index is 11.2. The van der Waals surface area contributed by atoms with Crippen LogP contribution >= 0.6 is 0 Å². The first kappa shape index (κ1) is 25.1. The standard InChI is InChI=1S/C17H19NO.C16H15NO/c1-17(19)12-18(13-17)16(14-8-4-2-5-9-14)15-10-6-3-7-11-15;18-15-11-17(12-15)16(13-7-3-1-4-8-13)14-9-5-2-6-10-14/h2-11,16,19H,12-13H2,1H3;1-10,16H,11-12H2. The van der Waals surface area contributed by atoms with Gasteiger partial charge in [-0.2, -0.15) is 0 Å². The van der Waals surface area contributed by atoms with E-state index in [1.165, 1.54) is 22.3 Å². The predicted octanol–water partition coefficient (Wildman–Crippen LogP) is 5.50. The Morgan fingerprint density at radius 3 is 1.14 bits per heavy atom. The fraction of sp³-hybridized carbons (Fsp3) is 0.242. The zero-order valence-electron chi connectivity index (χ0n) is 21.3. The maximum Gasteiger partial charge on any atom is 0.160 e. The van der Waals surface area contributed by atoms with Crippen molar-refractivity contribution in [2.24, 2.45) is 0 Å². The lowest BCUT2D eigenvalue weighted by atomic mass is 9.89. The van der Waals surface area contributed by atoms with E-state index in [0.29, 0.717) is 18.9 Å². The van der Waals surface area contributed by atoms with E-state index in [1.807, 2.05) is 55.5 Å². The molecular formula is C33H34N2O2. The molecule has 0 bridgehead atoms. The third-order valence-corrected chi connectivity index (χ3v) is 7.04. The predicted molar refractivity (Wildman–Crippen MR) is 148 cm³/mol. The van der Waals surface area contributed by atoms with Crippen LogP contribution in [0.3, 0.4) is 0 Å². The molecule has 1 N–H and O–H groups in total. The molecule has 4 nitrogen and oxygen atoms in total. The number of hydrogen-bond donors (Lipinski definition) is 1. The molecule has 2 saturated heterocycles. The van der Waals surface area contributed by atoms with Gasteiger partial charge in [0.1, 0.15) is 0 Å². The highest BCUT2D eigenvalue weighted by Gasteiger charge is 2.41. The van der Waals surface area contributed by atoms with Crippen molar-refractivity contribution in [1.29, 1.82) is 0 Å². The summed E-state index contributed by atoms with van der Waals surface area (Å²) < 4.78 is 0. The number of β-amino-alcohol motifs (C(OH)–C–C–N with tert-alkyl or cyclic N) is 1. The minimum absolute atomic E-state index is 0.199. The lowest BCUT2D eigenvalue weighted by Crippen LogP contribution is -2.60. The number of benzene rings is 4. The van der Waals surface area contributed by atoms with Gasteiger partial charge in [-0.3, -0.25) is 14.6 Å². The van der Waals surface area contributed by atoms with Crippen LogP contribution < -0.4 is 0 Å². The van der Waals surface area contributed by atoms with Crippen LogP contribution in [-0.4, -0.2) is 52.5 Å². The van der Waals surface area contributed by atoms with E-state index in [-0.39, 0.29) is 12.1 Å². The van der Waals surface area contributed by atoms with Crippen LogP contribution in [0.4, 0.5) is 0 Å². The molecule has 0 spiro atoms. The molecule has 0 aliphatic carbocycles. The van der Waals surface area contributed by atoms with Crippen LogP contribution in [-0.2, 0) is 4.79 Å². The molecule has 0 atom stereocenters. The fourth-order valence-corrected chi connectivity index (χ4v) is 5.37. The van der Waals surface area contributed by atoms with Crippen molar-refractivity contribution >= 4 is 5.78 Å². The number of ketones is 1. The first-order valence-corrected chi connectivity index (χ1v) is 12.9. The molecule has 0 radical (unpaired) electrons. The van der Waals surface area contributed by atoms with Gasteiger partial charge < -0.3 is 5.11 Å². The van der Waals surface area contributed by atoms with Gasteiger partial charge in [0.2, 0.25) is 0 Å². The first-order chi connectivity index (χ1) is 18.0. The Bertz CT molecular complexity index is 1180. The molecule has 0 saturated carbocycles. The van der Waals surface area contributed by atoms with E-state index in [4.69, 9.17) is 0 Å². The number of likely N-dealkylation sites (tertiary alicyclic amines) is 2. The Morgan fingerprint density at radius 2 is 0.865 bits per heavy atom. The Kier molecular flexibility index (Phi) is 7.61. The molecule has 2 fully saturated rings. The SMILES string of the molecule is CC1(O)CN(C(c2ccccc2)c2ccccc2)C1.O=C1CN(C(c2ccccc2)c2ccccc2)C1.